The predicted molar refractivity (Wildman–Crippen MR) is 117 cm³/mol. The van der Waals surface area contributed by atoms with Gasteiger partial charge in [-0.05, 0) is 24.9 Å². The number of hydrogen-bond acceptors (Lipinski definition) is 6. The van der Waals surface area contributed by atoms with E-state index >= 15 is 0 Å². The molecule has 0 spiro atoms. The summed E-state index contributed by atoms with van der Waals surface area (Å²) >= 11 is 7.88. The summed E-state index contributed by atoms with van der Waals surface area (Å²) in [6.45, 7) is 9.55. The van der Waals surface area contributed by atoms with E-state index in [2.05, 4.69) is 39.8 Å². The van der Waals surface area contributed by atoms with Gasteiger partial charge in [-0.2, -0.15) is 0 Å². The van der Waals surface area contributed by atoms with Crippen LogP contribution < -0.4 is 0 Å². The van der Waals surface area contributed by atoms with E-state index in [9.17, 15) is 0 Å². The van der Waals surface area contributed by atoms with Gasteiger partial charge in [0.05, 0.1) is 16.8 Å². The number of hydrogen-bond donors (Lipinski definition) is 0. The number of furan rings is 1. The highest BCUT2D eigenvalue weighted by molar-refractivity contribution is 7.19. The number of amidine groups is 1. The Hall–Kier alpha value is -3.16. The van der Waals surface area contributed by atoms with Gasteiger partial charge >= 0.3 is 0 Å². The number of aliphatic imine (C=N–C) groups is 2. The maximum Gasteiger partial charge on any atom is 0.172 e. The predicted octanol–water partition coefficient (Wildman–Crippen LogP) is 5.55. The summed E-state index contributed by atoms with van der Waals surface area (Å²) in [5, 5.41) is 1.99. The second-order valence-corrected chi connectivity index (χ2v) is 6.63. The molecular weight excluding hydrogens is 394 g/mol. The smallest absolute Gasteiger partial charge is 0.172 e. The summed E-state index contributed by atoms with van der Waals surface area (Å²) < 4.78 is 5.57. The highest BCUT2D eigenvalue weighted by atomic mass is 35.5. The fourth-order valence-electron chi connectivity index (χ4n) is 2.58. The Morgan fingerprint density at radius 3 is 2.75 bits per heavy atom. The number of pyridine rings is 2. The molecule has 0 saturated heterocycles. The van der Waals surface area contributed by atoms with E-state index in [1.807, 2.05) is 18.2 Å². The topological polar surface area (TPSA) is 76.5 Å². The molecule has 0 atom stereocenters. The summed E-state index contributed by atoms with van der Waals surface area (Å²) in [6, 6.07) is 7.43. The van der Waals surface area contributed by atoms with Crippen LogP contribution in [0.15, 0.2) is 70.5 Å². The lowest BCUT2D eigenvalue weighted by Crippen LogP contribution is -2.01. The molecule has 0 unspecified atom stereocenters. The first-order chi connectivity index (χ1) is 13.7. The van der Waals surface area contributed by atoms with Gasteiger partial charge in [-0.1, -0.05) is 11.6 Å². The van der Waals surface area contributed by atoms with Crippen molar-refractivity contribution in [3.63, 3.8) is 0 Å². The number of halogens is 1. The standard InChI is InChI=1S/C18H12ClN5OS.C2H4/c1-20-17(21-2)12-8-13-11(5-7-25-13)14(23-12)15-16(19)24-18(26-15)10-4-3-6-22-9-10;1-2/h3-9H,1H2,2H3;1-2H2. The third-order valence-electron chi connectivity index (χ3n) is 3.75. The van der Waals surface area contributed by atoms with E-state index < -0.39 is 0 Å². The summed E-state index contributed by atoms with van der Waals surface area (Å²) in [5.41, 5.74) is 2.80. The van der Waals surface area contributed by atoms with E-state index in [0.717, 1.165) is 20.8 Å². The van der Waals surface area contributed by atoms with Crippen molar-refractivity contribution in [2.24, 2.45) is 9.98 Å². The van der Waals surface area contributed by atoms with E-state index in [-0.39, 0.29) is 0 Å². The maximum atomic E-state index is 6.44. The van der Waals surface area contributed by atoms with Gasteiger partial charge in [-0.15, -0.1) is 24.5 Å². The van der Waals surface area contributed by atoms with Crippen LogP contribution in [0, 0.1) is 0 Å². The van der Waals surface area contributed by atoms with Crippen LogP contribution in [-0.4, -0.2) is 34.6 Å². The van der Waals surface area contributed by atoms with Crippen molar-refractivity contribution in [3.8, 4) is 21.1 Å². The molecular formula is C20H16ClN5OS. The van der Waals surface area contributed by atoms with Crippen LogP contribution in [0.4, 0.5) is 0 Å². The third-order valence-corrected chi connectivity index (χ3v) is 5.25. The number of aromatic nitrogens is 3. The molecule has 0 radical (unpaired) electrons. The Morgan fingerprint density at radius 1 is 1.25 bits per heavy atom. The molecule has 140 valence electrons. The Bertz CT molecular complexity index is 1150. The average molecular weight is 410 g/mol. The lowest BCUT2D eigenvalue weighted by Gasteiger charge is -2.04. The average Bonchev–Trinajstić information content (AvgIpc) is 3.37. The van der Waals surface area contributed by atoms with Crippen molar-refractivity contribution in [2.45, 2.75) is 0 Å². The Balaban J connectivity index is 0.00000109. The Morgan fingerprint density at radius 2 is 2.07 bits per heavy atom. The summed E-state index contributed by atoms with van der Waals surface area (Å²) in [5.74, 6) is 0.428. The van der Waals surface area contributed by atoms with Gasteiger partial charge in [0.2, 0.25) is 0 Å². The van der Waals surface area contributed by atoms with Crippen LogP contribution in [0.1, 0.15) is 5.69 Å². The normalized spacial score (nSPS) is 11.1. The van der Waals surface area contributed by atoms with Crippen molar-refractivity contribution >= 4 is 46.5 Å². The number of nitrogens with zero attached hydrogens (tertiary/aromatic N) is 5. The van der Waals surface area contributed by atoms with Gasteiger partial charge in [0.15, 0.2) is 5.84 Å². The van der Waals surface area contributed by atoms with Gasteiger partial charge in [-0.25, -0.2) is 15.0 Å². The number of thiazole rings is 1. The van der Waals surface area contributed by atoms with Crippen LogP contribution in [-0.2, 0) is 0 Å². The molecule has 4 rings (SSSR count). The van der Waals surface area contributed by atoms with E-state index in [1.165, 1.54) is 11.3 Å². The summed E-state index contributed by atoms with van der Waals surface area (Å²) in [4.78, 5) is 22.1. The molecule has 4 aromatic heterocycles. The van der Waals surface area contributed by atoms with Crippen LogP contribution in [0.25, 0.3) is 32.1 Å². The molecule has 28 heavy (non-hydrogen) atoms. The summed E-state index contributed by atoms with van der Waals surface area (Å²) in [6.07, 6.45) is 5.08. The van der Waals surface area contributed by atoms with Gasteiger partial charge in [0, 0.05) is 36.5 Å². The molecule has 4 aromatic rings. The monoisotopic (exact) mass is 409 g/mol. The quantitative estimate of drug-likeness (QED) is 0.252. The Kier molecular flexibility index (Phi) is 6.08. The van der Waals surface area contributed by atoms with Crippen molar-refractivity contribution in [1.29, 1.82) is 0 Å². The fourth-order valence-corrected chi connectivity index (χ4v) is 3.87. The molecule has 0 N–H and O–H groups in total. The second-order valence-electron chi connectivity index (χ2n) is 5.27. The maximum absolute atomic E-state index is 6.44. The Labute approximate surface area is 171 Å². The van der Waals surface area contributed by atoms with Gasteiger partial charge in [-0.3, -0.25) is 9.98 Å². The molecule has 0 aromatic carbocycles. The van der Waals surface area contributed by atoms with Crippen molar-refractivity contribution in [3.05, 3.63) is 66.9 Å². The minimum Gasteiger partial charge on any atom is -0.464 e. The van der Waals surface area contributed by atoms with Crippen molar-refractivity contribution < 1.29 is 4.42 Å². The first-order valence-electron chi connectivity index (χ1n) is 8.10. The molecule has 0 bridgehead atoms. The fraction of sp³-hybridized carbons (Fsp3) is 0.0500. The second kappa shape index (κ2) is 8.69. The molecule has 4 heterocycles. The van der Waals surface area contributed by atoms with Gasteiger partial charge in [0.25, 0.3) is 0 Å². The molecule has 0 fully saturated rings. The highest BCUT2D eigenvalue weighted by Gasteiger charge is 2.19. The minimum absolute atomic E-state index is 0.377. The molecule has 6 nitrogen and oxygen atoms in total. The van der Waals surface area contributed by atoms with E-state index in [4.69, 9.17) is 21.0 Å². The SMILES string of the molecule is C=C.C=NC(=NC)c1cc2occc2c(-c2sc(-c3cccnc3)nc2Cl)n1. The third kappa shape index (κ3) is 3.62. The molecule has 0 amide bonds. The number of rotatable bonds is 3. The minimum atomic E-state index is 0.377. The van der Waals surface area contributed by atoms with Crippen molar-refractivity contribution in [2.75, 3.05) is 7.05 Å². The van der Waals surface area contributed by atoms with Crippen LogP contribution in [0.3, 0.4) is 0 Å². The van der Waals surface area contributed by atoms with Gasteiger partial charge in [0.1, 0.15) is 21.4 Å². The van der Waals surface area contributed by atoms with Crippen LogP contribution >= 0.6 is 22.9 Å². The lowest BCUT2D eigenvalue weighted by atomic mass is 10.2. The molecule has 8 heteroatoms. The zero-order valence-electron chi connectivity index (χ0n) is 15.1. The largest absolute Gasteiger partial charge is 0.464 e. The van der Waals surface area contributed by atoms with Crippen LogP contribution in [0.2, 0.25) is 5.15 Å². The zero-order valence-corrected chi connectivity index (χ0v) is 16.7. The van der Waals surface area contributed by atoms with Gasteiger partial charge < -0.3 is 4.42 Å². The molecule has 0 saturated carbocycles. The van der Waals surface area contributed by atoms with E-state index in [1.54, 1.807) is 31.8 Å². The molecule has 0 aliphatic heterocycles. The molecule has 0 aliphatic rings. The highest BCUT2D eigenvalue weighted by Crippen LogP contribution is 2.40. The summed E-state index contributed by atoms with van der Waals surface area (Å²) in [7, 11) is 1.64. The first kappa shape index (κ1) is 19.6. The van der Waals surface area contributed by atoms with Crippen molar-refractivity contribution in [1.82, 2.24) is 15.0 Å². The van der Waals surface area contributed by atoms with E-state index in [0.29, 0.717) is 28.0 Å². The first-order valence-corrected chi connectivity index (χ1v) is 9.30. The van der Waals surface area contributed by atoms with Crippen LogP contribution in [0.5, 0.6) is 0 Å². The zero-order chi connectivity index (χ0) is 20.1. The molecule has 0 aliphatic carbocycles. The lowest BCUT2D eigenvalue weighted by molar-refractivity contribution is 0.615. The number of fused-ring (bicyclic) bond motifs is 1.